The van der Waals surface area contributed by atoms with E-state index in [9.17, 15) is 9.59 Å². The smallest absolute Gasteiger partial charge is 0.326 e. The van der Waals surface area contributed by atoms with Crippen LogP contribution >= 0.6 is 11.8 Å². The average Bonchev–Trinajstić information content (AvgIpc) is 2.10. The lowest BCUT2D eigenvalue weighted by Crippen LogP contribution is -2.42. The van der Waals surface area contributed by atoms with Crippen molar-refractivity contribution in [1.82, 2.24) is 5.32 Å². The number of hydrogen-bond acceptors (Lipinski definition) is 4. The van der Waals surface area contributed by atoms with E-state index in [2.05, 4.69) is 5.32 Å². The van der Waals surface area contributed by atoms with Crippen LogP contribution in [0.1, 0.15) is 19.8 Å². The molecule has 0 aliphatic carbocycles. The van der Waals surface area contributed by atoms with Gasteiger partial charge in [0.2, 0.25) is 5.91 Å². The minimum atomic E-state index is -0.998. The Morgan fingerprint density at radius 2 is 2.13 bits per heavy atom. The van der Waals surface area contributed by atoms with Gasteiger partial charge >= 0.3 is 5.97 Å². The summed E-state index contributed by atoms with van der Waals surface area (Å²) in [4.78, 5) is 22.0. The van der Waals surface area contributed by atoms with Crippen LogP contribution in [0.25, 0.3) is 0 Å². The number of rotatable bonds is 7. The number of hydrogen-bond donors (Lipinski definition) is 3. The number of carboxylic acid groups (broad SMARTS) is 1. The van der Waals surface area contributed by atoms with Gasteiger partial charge in [-0.3, -0.25) is 4.79 Å². The molecule has 0 aliphatic heterocycles. The second kappa shape index (κ2) is 7.53. The molecule has 15 heavy (non-hydrogen) atoms. The van der Waals surface area contributed by atoms with Crippen molar-refractivity contribution in [3.63, 3.8) is 0 Å². The summed E-state index contributed by atoms with van der Waals surface area (Å²) < 4.78 is 0. The molecule has 1 amide bonds. The van der Waals surface area contributed by atoms with Gasteiger partial charge in [-0.1, -0.05) is 0 Å². The van der Waals surface area contributed by atoms with E-state index in [1.165, 1.54) is 0 Å². The van der Waals surface area contributed by atoms with Crippen LogP contribution in [0, 0.1) is 0 Å². The highest BCUT2D eigenvalue weighted by Gasteiger charge is 2.19. The molecule has 1 unspecified atom stereocenters. The topological polar surface area (TPSA) is 92.4 Å². The number of nitrogens with two attached hydrogens (primary N) is 1. The van der Waals surface area contributed by atoms with Crippen molar-refractivity contribution in [3.05, 3.63) is 0 Å². The molecular weight excluding hydrogens is 216 g/mol. The first-order valence-electron chi connectivity index (χ1n) is 4.74. The molecule has 0 spiro atoms. The van der Waals surface area contributed by atoms with Crippen LogP contribution in [0.2, 0.25) is 0 Å². The van der Waals surface area contributed by atoms with Crippen LogP contribution in [-0.4, -0.2) is 41.1 Å². The fraction of sp³-hybridized carbons (Fsp3) is 0.778. The molecule has 5 nitrogen and oxygen atoms in total. The summed E-state index contributed by atoms with van der Waals surface area (Å²) in [6.07, 6.45) is 2.48. The largest absolute Gasteiger partial charge is 0.480 e. The lowest BCUT2D eigenvalue weighted by molar-refractivity contribution is -0.141. The fourth-order valence-electron chi connectivity index (χ4n) is 1.04. The second-order valence-corrected chi connectivity index (χ2v) is 4.41. The third-order valence-electron chi connectivity index (χ3n) is 1.75. The van der Waals surface area contributed by atoms with Gasteiger partial charge in [-0.05, 0) is 25.4 Å². The summed E-state index contributed by atoms with van der Waals surface area (Å²) in [5, 5.41) is 11.3. The Labute approximate surface area is 93.8 Å². The zero-order valence-electron chi connectivity index (χ0n) is 9.03. The van der Waals surface area contributed by atoms with Crippen molar-refractivity contribution < 1.29 is 14.7 Å². The minimum absolute atomic E-state index is 0.156. The standard InChI is InChI=1S/C9H18N2O3S/c1-6(10)5-8(12)11-7(9(13)14)3-4-15-2/h6-7H,3-5,10H2,1-2H3,(H,11,12)(H,13,14)/t6?,7-/m1/s1. The van der Waals surface area contributed by atoms with E-state index in [1.807, 2.05) is 6.26 Å². The van der Waals surface area contributed by atoms with Gasteiger partial charge in [0.05, 0.1) is 0 Å². The molecule has 0 fully saturated rings. The van der Waals surface area contributed by atoms with Crippen molar-refractivity contribution >= 4 is 23.6 Å². The molecule has 6 heteroatoms. The molecule has 88 valence electrons. The highest BCUT2D eigenvalue weighted by molar-refractivity contribution is 7.98. The monoisotopic (exact) mass is 234 g/mol. The van der Waals surface area contributed by atoms with Crippen molar-refractivity contribution in [1.29, 1.82) is 0 Å². The number of carbonyl (C=O) groups is 2. The molecule has 0 aromatic carbocycles. The molecule has 0 aromatic heterocycles. The second-order valence-electron chi connectivity index (χ2n) is 3.42. The predicted octanol–water partition coefficient (Wildman–Crippen LogP) is 0.0462. The Kier molecular flexibility index (Phi) is 7.15. The van der Waals surface area contributed by atoms with E-state index in [4.69, 9.17) is 10.8 Å². The van der Waals surface area contributed by atoms with Gasteiger partial charge in [-0.25, -0.2) is 4.79 Å². The van der Waals surface area contributed by atoms with Gasteiger partial charge in [-0.15, -0.1) is 0 Å². The average molecular weight is 234 g/mol. The Morgan fingerprint density at radius 3 is 2.53 bits per heavy atom. The maximum atomic E-state index is 11.3. The maximum absolute atomic E-state index is 11.3. The normalized spacial score (nSPS) is 14.3. The van der Waals surface area contributed by atoms with Gasteiger partial charge in [0.15, 0.2) is 0 Å². The molecular formula is C9H18N2O3S. The van der Waals surface area contributed by atoms with Crippen molar-refractivity contribution in [2.45, 2.75) is 31.8 Å². The summed E-state index contributed by atoms with van der Waals surface area (Å²) in [5.74, 6) is -0.601. The number of nitrogens with one attached hydrogen (secondary N) is 1. The maximum Gasteiger partial charge on any atom is 0.326 e. The highest BCUT2D eigenvalue weighted by atomic mass is 32.2. The third kappa shape index (κ3) is 7.21. The lowest BCUT2D eigenvalue weighted by Gasteiger charge is -2.14. The molecule has 2 atom stereocenters. The molecule has 0 aliphatic rings. The van der Waals surface area contributed by atoms with Crippen molar-refractivity contribution in [2.75, 3.05) is 12.0 Å². The van der Waals surface area contributed by atoms with Crippen LogP contribution in [0.4, 0.5) is 0 Å². The van der Waals surface area contributed by atoms with Gasteiger partial charge in [0.1, 0.15) is 6.04 Å². The van der Waals surface area contributed by atoms with Crippen LogP contribution < -0.4 is 11.1 Å². The molecule has 4 N–H and O–H groups in total. The lowest BCUT2D eigenvalue weighted by atomic mass is 10.2. The van der Waals surface area contributed by atoms with E-state index >= 15 is 0 Å². The number of thioether (sulfide) groups is 1. The quantitative estimate of drug-likeness (QED) is 0.578. The Balaban J connectivity index is 4.04. The van der Waals surface area contributed by atoms with Gasteiger partial charge in [0, 0.05) is 12.5 Å². The molecule has 0 rings (SSSR count). The zero-order chi connectivity index (χ0) is 11.8. The number of carbonyl (C=O) groups excluding carboxylic acids is 1. The predicted molar refractivity (Wildman–Crippen MR) is 60.8 cm³/mol. The van der Waals surface area contributed by atoms with E-state index in [-0.39, 0.29) is 18.4 Å². The first-order valence-corrected chi connectivity index (χ1v) is 6.13. The van der Waals surface area contributed by atoms with E-state index in [0.29, 0.717) is 12.2 Å². The Hall–Kier alpha value is -0.750. The summed E-state index contributed by atoms with van der Waals surface area (Å²) >= 11 is 1.55. The first-order chi connectivity index (χ1) is 6.97. The van der Waals surface area contributed by atoms with E-state index in [0.717, 1.165) is 0 Å². The molecule has 0 saturated heterocycles. The molecule has 0 radical (unpaired) electrons. The Bertz CT molecular complexity index is 221. The fourth-order valence-corrected chi connectivity index (χ4v) is 1.51. The zero-order valence-corrected chi connectivity index (χ0v) is 9.84. The molecule has 0 heterocycles. The summed E-state index contributed by atoms with van der Waals surface area (Å²) in [6.45, 7) is 1.71. The van der Waals surface area contributed by atoms with Crippen LogP contribution in [0.5, 0.6) is 0 Å². The molecule has 0 saturated carbocycles. The van der Waals surface area contributed by atoms with E-state index in [1.54, 1.807) is 18.7 Å². The number of carboxylic acids is 1. The summed E-state index contributed by atoms with van der Waals surface area (Å²) in [6, 6.07) is -1.05. The number of aliphatic carboxylic acids is 1. The van der Waals surface area contributed by atoms with Gasteiger partial charge < -0.3 is 16.2 Å². The minimum Gasteiger partial charge on any atom is -0.480 e. The SMILES string of the molecule is CSCC[C@@H](NC(=O)CC(C)N)C(=O)O. The Morgan fingerprint density at radius 1 is 1.53 bits per heavy atom. The third-order valence-corrected chi connectivity index (χ3v) is 2.40. The van der Waals surface area contributed by atoms with Gasteiger partial charge in [0.25, 0.3) is 0 Å². The van der Waals surface area contributed by atoms with E-state index < -0.39 is 12.0 Å². The van der Waals surface area contributed by atoms with Crippen LogP contribution in [0.3, 0.4) is 0 Å². The molecule has 0 bridgehead atoms. The number of amides is 1. The van der Waals surface area contributed by atoms with Gasteiger partial charge in [-0.2, -0.15) is 11.8 Å². The van der Waals surface area contributed by atoms with Crippen LogP contribution in [-0.2, 0) is 9.59 Å². The van der Waals surface area contributed by atoms with Crippen molar-refractivity contribution in [3.8, 4) is 0 Å². The highest BCUT2D eigenvalue weighted by Crippen LogP contribution is 2.01. The summed E-state index contributed by atoms with van der Waals surface area (Å²) in [7, 11) is 0. The molecule has 0 aromatic rings. The van der Waals surface area contributed by atoms with Crippen molar-refractivity contribution in [2.24, 2.45) is 5.73 Å². The van der Waals surface area contributed by atoms with Crippen LogP contribution in [0.15, 0.2) is 0 Å². The summed E-state index contributed by atoms with van der Waals surface area (Å²) in [5.41, 5.74) is 5.43. The first kappa shape index (κ1) is 14.2.